The number of aromatic amines is 1. The molecular weight excluding hydrogens is 505 g/mol. The minimum Gasteiger partial charge on any atom is -0.388 e. The zero-order valence-electron chi connectivity index (χ0n) is 17.6. The first-order valence-corrected chi connectivity index (χ1v) is 9.99. The highest BCUT2D eigenvalue weighted by Crippen LogP contribution is 2.36. The topological polar surface area (TPSA) is 123 Å². The fraction of sp³-hybridized carbons (Fsp3) is 0.300. The first-order valence-electron chi connectivity index (χ1n) is 9.61. The summed E-state index contributed by atoms with van der Waals surface area (Å²) in [5.41, 5.74) is -1.43. The molecular formula is C20H15ClF5N5O4. The number of carbonyl (C=O) groups excluding carboxylic acids is 1. The molecule has 0 spiro atoms. The summed E-state index contributed by atoms with van der Waals surface area (Å²) in [7, 11) is 0. The Kier molecular flexibility index (Phi) is 7.32. The molecule has 0 saturated heterocycles. The van der Waals surface area contributed by atoms with Gasteiger partial charge in [0.05, 0.1) is 17.7 Å². The van der Waals surface area contributed by atoms with E-state index in [9.17, 15) is 31.5 Å². The van der Waals surface area contributed by atoms with Gasteiger partial charge in [0, 0.05) is 23.0 Å². The highest BCUT2D eigenvalue weighted by molar-refractivity contribution is 6.30. The molecule has 1 aromatic heterocycles. The number of aromatic nitrogens is 2. The van der Waals surface area contributed by atoms with Crippen LogP contribution in [0.1, 0.15) is 22.6 Å². The van der Waals surface area contributed by atoms with Crippen molar-refractivity contribution in [1.82, 2.24) is 19.9 Å². The molecule has 2 aromatic rings. The summed E-state index contributed by atoms with van der Waals surface area (Å²) in [5, 5.41) is 17.7. The number of alkyl halides is 4. The van der Waals surface area contributed by atoms with E-state index in [2.05, 4.69) is 9.97 Å². The second-order valence-electron chi connectivity index (χ2n) is 7.20. The number of aliphatic hydroxyl groups is 1. The molecule has 0 fully saturated rings. The lowest BCUT2D eigenvalue weighted by atomic mass is 10.1. The van der Waals surface area contributed by atoms with E-state index in [0.29, 0.717) is 11.0 Å². The number of aryl methyl sites for hydroxylation is 1. The van der Waals surface area contributed by atoms with Crippen molar-refractivity contribution < 1.29 is 36.7 Å². The number of nitriles is 1. The number of aliphatic hydroxyl groups excluding tert-OH is 1. The second-order valence-corrected chi connectivity index (χ2v) is 7.64. The molecule has 35 heavy (non-hydrogen) atoms. The minimum absolute atomic E-state index is 0.0666. The predicted molar refractivity (Wildman–Crippen MR) is 109 cm³/mol. The largest absolute Gasteiger partial charge is 0.388 e. The SMILES string of the molecule is Cc1nc(CO)[nH]c(=O)c1CN1C=CC(C(F)(F)C(F)F)N(Oc2cc(Cl)cc(C#N)c2F)C1=O. The lowest BCUT2D eigenvalue weighted by Crippen LogP contribution is -2.59. The number of hydrogen-bond acceptors (Lipinski definition) is 6. The summed E-state index contributed by atoms with van der Waals surface area (Å²) in [5.74, 6) is -7.22. The standard InChI is InChI=1S/C20H15ClF5N5O4/c1-9-12(17(33)29-15(8-32)28-9)7-30-3-2-14(20(25,26)18(23)24)31(19(30)34)35-13-5-11(21)4-10(6-27)16(13)22/h2-5,14,18,32H,7-8H2,1H3,(H,28,29,33). The van der Waals surface area contributed by atoms with Gasteiger partial charge in [0.25, 0.3) is 5.56 Å². The van der Waals surface area contributed by atoms with Crippen LogP contribution in [0.2, 0.25) is 5.02 Å². The van der Waals surface area contributed by atoms with Crippen molar-refractivity contribution in [2.75, 3.05) is 0 Å². The molecule has 0 radical (unpaired) electrons. The molecule has 1 aromatic carbocycles. The number of H-pyrrole nitrogens is 1. The fourth-order valence-corrected chi connectivity index (χ4v) is 3.33. The van der Waals surface area contributed by atoms with E-state index < -0.39 is 60.3 Å². The molecule has 15 heteroatoms. The van der Waals surface area contributed by atoms with Crippen molar-refractivity contribution in [3.8, 4) is 11.8 Å². The molecule has 3 rings (SSSR count). The molecule has 9 nitrogen and oxygen atoms in total. The molecule has 2 N–H and O–H groups in total. The lowest BCUT2D eigenvalue weighted by molar-refractivity contribution is -0.199. The Morgan fingerprint density at radius 3 is 2.63 bits per heavy atom. The van der Waals surface area contributed by atoms with E-state index in [1.807, 2.05) is 0 Å². The predicted octanol–water partition coefficient (Wildman–Crippen LogP) is 3.25. The number of nitrogens with one attached hydrogen (secondary N) is 1. The molecule has 1 aliphatic heterocycles. The van der Waals surface area contributed by atoms with Gasteiger partial charge in [-0.3, -0.25) is 9.69 Å². The van der Waals surface area contributed by atoms with Crippen LogP contribution in [0.4, 0.5) is 26.7 Å². The molecule has 2 amide bonds. The Morgan fingerprint density at radius 1 is 1.37 bits per heavy atom. The Balaban J connectivity index is 2.04. The highest BCUT2D eigenvalue weighted by Gasteiger charge is 2.55. The summed E-state index contributed by atoms with van der Waals surface area (Å²) < 4.78 is 69.4. The van der Waals surface area contributed by atoms with Crippen LogP contribution >= 0.6 is 11.6 Å². The Hall–Kier alpha value is -3.70. The van der Waals surface area contributed by atoms with Crippen molar-refractivity contribution >= 4 is 17.6 Å². The van der Waals surface area contributed by atoms with Gasteiger partial charge in [-0.25, -0.2) is 22.9 Å². The smallest absolute Gasteiger partial charge is 0.358 e. The van der Waals surface area contributed by atoms with Crippen molar-refractivity contribution in [3.63, 3.8) is 0 Å². The van der Waals surface area contributed by atoms with E-state index in [1.54, 1.807) is 0 Å². The van der Waals surface area contributed by atoms with Crippen LogP contribution < -0.4 is 10.4 Å². The number of urea groups is 1. The zero-order valence-corrected chi connectivity index (χ0v) is 18.4. The summed E-state index contributed by atoms with van der Waals surface area (Å²) in [6.07, 6.45) is -2.97. The molecule has 0 saturated carbocycles. The molecule has 0 bridgehead atoms. The van der Waals surface area contributed by atoms with Gasteiger partial charge in [-0.05, 0) is 19.1 Å². The van der Waals surface area contributed by atoms with Crippen LogP contribution in [-0.2, 0) is 13.2 Å². The van der Waals surface area contributed by atoms with Gasteiger partial charge in [-0.1, -0.05) is 11.6 Å². The second kappa shape index (κ2) is 9.88. The van der Waals surface area contributed by atoms with Gasteiger partial charge < -0.3 is 14.9 Å². The van der Waals surface area contributed by atoms with Gasteiger partial charge in [0.15, 0.2) is 17.6 Å². The third kappa shape index (κ3) is 5.05. The number of hydroxylamine groups is 2. The minimum atomic E-state index is -4.83. The first-order chi connectivity index (χ1) is 16.4. The van der Waals surface area contributed by atoms with Crippen molar-refractivity contribution in [3.05, 3.63) is 68.2 Å². The van der Waals surface area contributed by atoms with E-state index in [0.717, 1.165) is 18.3 Å². The molecule has 2 heterocycles. The number of halogens is 6. The Bertz CT molecular complexity index is 1280. The van der Waals surface area contributed by atoms with Gasteiger partial charge in [-0.2, -0.15) is 14.0 Å². The number of carbonyl (C=O) groups is 1. The van der Waals surface area contributed by atoms with Crippen LogP contribution in [0.5, 0.6) is 5.75 Å². The van der Waals surface area contributed by atoms with E-state index in [4.69, 9.17) is 26.8 Å². The first kappa shape index (κ1) is 25.9. The fourth-order valence-electron chi connectivity index (χ4n) is 3.12. The summed E-state index contributed by atoms with van der Waals surface area (Å²) in [6, 6.07) is -1.04. The summed E-state index contributed by atoms with van der Waals surface area (Å²) >= 11 is 5.77. The molecule has 1 unspecified atom stereocenters. The number of amides is 2. The van der Waals surface area contributed by atoms with Gasteiger partial charge in [-0.15, -0.1) is 5.06 Å². The number of rotatable bonds is 7. The Labute approximate surface area is 198 Å². The average Bonchev–Trinajstić information content (AvgIpc) is 2.79. The van der Waals surface area contributed by atoms with Crippen LogP contribution in [0, 0.1) is 24.1 Å². The lowest BCUT2D eigenvalue weighted by Gasteiger charge is -2.38. The third-order valence-electron chi connectivity index (χ3n) is 4.89. The average molecular weight is 520 g/mol. The van der Waals surface area contributed by atoms with Crippen molar-refractivity contribution in [2.45, 2.75) is 38.5 Å². The molecule has 0 aliphatic carbocycles. The van der Waals surface area contributed by atoms with Crippen LogP contribution in [0.25, 0.3) is 0 Å². The number of benzene rings is 1. The quantitative estimate of drug-likeness (QED) is 0.542. The van der Waals surface area contributed by atoms with Crippen LogP contribution in [-0.4, -0.2) is 49.5 Å². The van der Waals surface area contributed by atoms with E-state index in [-0.39, 0.29) is 27.2 Å². The normalized spacial score (nSPS) is 16.1. The van der Waals surface area contributed by atoms with Gasteiger partial charge >= 0.3 is 18.4 Å². The maximum atomic E-state index is 14.6. The summed E-state index contributed by atoms with van der Waals surface area (Å²) in [4.78, 5) is 37.1. The third-order valence-corrected chi connectivity index (χ3v) is 5.11. The molecule has 1 atom stereocenters. The van der Waals surface area contributed by atoms with Gasteiger partial charge in [0.1, 0.15) is 18.5 Å². The molecule has 1 aliphatic rings. The van der Waals surface area contributed by atoms with Crippen molar-refractivity contribution in [2.24, 2.45) is 0 Å². The van der Waals surface area contributed by atoms with Gasteiger partial charge in [0.2, 0.25) is 0 Å². The highest BCUT2D eigenvalue weighted by atomic mass is 35.5. The van der Waals surface area contributed by atoms with E-state index >= 15 is 0 Å². The molecule has 186 valence electrons. The van der Waals surface area contributed by atoms with Crippen LogP contribution in [0.3, 0.4) is 0 Å². The summed E-state index contributed by atoms with van der Waals surface area (Å²) in [6.45, 7) is 0.235. The number of nitrogens with zero attached hydrogens (tertiary/aromatic N) is 4. The zero-order chi connectivity index (χ0) is 26.1. The Morgan fingerprint density at radius 2 is 2.06 bits per heavy atom. The number of hydrogen-bond donors (Lipinski definition) is 2. The monoisotopic (exact) mass is 519 g/mol. The van der Waals surface area contributed by atoms with E-state index in [1.165, 1.54) is 13.0 Å². The van der Waals surface area contributed by atoms with Crippen LogP contribution in [0.15, 0.2) is 29.2 Å². The van der Waals surface area contributed by atoms with Crippen molar-refractivity contribution in [1.29, 1.82) is 5.26 Å². The maximum absolute atomic E-state index is 14.6. The maximum Gasteiger partial charge on any atom is 0.358 e.